The number of carbonyl (C=O) groups excluding carboxylic acids is 1. The molecule has 0 saturated heterocycles. The molecule has 17 heavy (non-hydrogen) atoms. The maximum Gasteiger partial charge on any atom is 0.338 e. The lowest BCUT2D eigenvalue weighted by Gasteiger charge is -2.08. The molecule has 1 aromatic carbocycles. The lowest BCUT2D eigenvalue weighted by atomic mass is 10.0. The predicted molar refractivity (Wildman–Crippen MR) is 65.6 cm³/mol. The van der Waals surface area contributed by atoms with Gasteiger partial charge in [0.2, 0.25) is 5.28 Å². The molecule has 0 atom stereocenters. The molecule has 88 valence electrons. The van der Waals surface area contributed by atoms with Gasteiger partial charge in [-0.25, -0.2) is 14.8 Å². The van der Waals surface area contributed by atoms with Crippen LogP contribution in [0.4, 0.5) is 0 Å². The van der Waals surface area contributed by atoms with Crippen molar-refractivity contribution < 1.29 is 9.53 Å². The normalized spacial score (nSPS) is 10.6. The summed E-state index contributed by atoms with van der Waals surface area (Å²) in [5.74, 6) is -0.471. The Balaban J connectivity index is 2.90. The third kappa shape index (κ3) is 2.06. The van der Waals surface area contributed by atoms with Gasteiger partial charge in [-0.2, -0.15) is 0 Å². The first-order valence-electron chi connectivity index (χ1n) is 4.75. The molecular formula is C11H8Cl2N2O2. The van der Waals surface area contributed by atoms with Crippen molar-refractivity contribution in [1.82, 2.24) is 9.97 Å². The van der Waals surface area contributed by atoms with Gasteiger partial charge in [-0.1, -0.05) is 17.7 Å². The Morgan fingerprint density at radius 2 is 2.00 bits per heavy atom. The maximum atomic E-state index is 11.7. The summed E-state index contributed by atoms with van der Waals surface area (Å²) in [6.07, 6.45) is 0. The fourth-order valence-corrected chi connectivity index (χ4v) is 2.11. The van der Waals surface area contributed by atoms with Gasteiger partial charge in [-0.3, -0.25) is 0 Å². The van der Waals surface area contributed by atoms with Crippen molar-refractivity contribution in [1.29, 1.82) is 0 Å². The number of methoxy groups -OCH3 is 1. The average Bonchev–Trinajstić information content (AvgIpc) is 2.28. The molecule has 0 N–H and O–H groups in total. The van der Waals surface area contributed by atoms with Crippen LogP contribution >= 0.6 is 23.2 Å². The maximum absolute atomic E-state index is 11.7. The molecule has 0 spiro atoms. The van der Waals surface area contributed by atoms with Crippen LogP contribution in [0.2, 0.25) is 10.4 Å². The van der Waals surface area contributed by atoms with Crippen molar-refractivity contribution in [2.24, 2.45) is 0 Å². The molecule has 4 nitrogen and oxygen atoms in total. The second-order valence-electron chi connectivity index (χ2n) is 3.43. The van der Waals surface area contributed by atoms with Crippen molar-refractivity contribution in [2.75, 3.05) is 7.11 Å². The summed E-state index contributed by atoms with van der Waals surface area (Å²) >= 11 is 11.7. The second-order valence-corrected chi connectivity index (χ2v) is 4.12. The number of ether oxygens (including phenoxy) is 1. The lowest BCUT2D eigenvalue weighted by Crippen LogP contribution is -2.06. The molecular weight excluding hydrogens is 263 g/mol. The van der Waals surface area contributed by atoms with Crippen LogP contribution in [0.25, 0.3) is 10.9 Å². The van der Waals surface area contributed by atoms with Crippen LogP contribution in [0.5, 0.6) is 0 Å². The Kier molecular flexibility index (Phi) is 3.17. The van der Waals surface area contributed by atoms with Crippen molar-refractivity contribution in [3.63, 3.8) is 0 Å². The molecule has 1 aromatic heterocycles. The molecule has 2 aromatic rings. The van der Waals surface area contributed by atoms with Gasteiger partial charge in [-0.05, 0) is 30.2 Å². The molecule has 0 amide bonds. The van der Waals surface area contributed by atoms with Crippen LogP contribution < -0.4 is 0 Å². The number of halogens is 2. The standard InChI is InChI=1S/C11H8Cl2N2O2/c1-5-3-4-6-8(7(5)10(16)17-2)9(12)15-11(13)14-6/h3-4H,1-2H3. The van der Waals surface area contributed by atoms with Crippen molar-refractivity contribution in [3.05, 3.63) is 33.7 Å². The molecule has 2 rings (SSSR count). The fourth-order valence-electron chi connectivity index (χ4n) is 1.62. The highest BCUT2D eigenvalue weighted by atomic mass is 35.5. The van der Waals surface area contributed by atoms with Crippen LogP contribution in [0.3, 0.4) is 0 Å². The summed E-state index contributed by atoms with van der Waals surface area (Å²) < 4.78 is 4.72. The van der Waals surface area contributed by atoms with E-state index >= 15 is 0 Å². The van der Waals surface area contributed by atoms with E-state index in [2.05, 4.69) is 9.97 Å². The van der Waals surface area contributed by atoms with Crippen LogP contribution in [0.1, 0.15) is 15.9 Å². The van der Waals surface area contributed by atoms with Gasteiger partial charge >= 0.3 is 5.97 Å². The van der Waals surface area contributed by atoms with E-state index in [1.807, 2.05) is 0 Å². The first kappa shape index (κ1) is 12.1. The number of fused-ring (bicyclic) bond motifs is 1. The largest absolute Gasteiger partial charge is 0.465 e. The van der Waals surface area contributed by atoms with Crippen molar-refractivity contribution in [2.45, 2.75) is 6.92 Å². The Hall–Kier alpha value is -1.39. The van der Waals surface area contributed by atoms with Crippen LogP contribution in [0, 0.1) is 6.92 Å². The van der Waals surface area contributed by atoms with Gasteiger partial charge in [0.25, 0.3) is 0 Å². The quantitative estimate of drug-likeness (QED) is 0.454. The number of hydrogen-bond acceptors (Lipinski definition) is 4. The molecule has 0 aliphatic carbocycles. The molecule has 0 bridgehead atoms. The second kappa shape index (κ2) is 4.47. The lowest BCUT2D eigenvalue weighted by molar-refractivity contribution is 0.0602. The van der Waals surface area contributed by atoms with E-state index in [0.29, 0.717) is 16.5 Å². The smallest absolute Gasteiger partial charge is 0.338 e. The highest BCUT2D eigenvalue weighted by molar-refractivity contribution is 6.36. The van der Waals surface area contributed by atoms with E-state index in [-0.39, 0.29) is 10.4 Å². The molecule has 0 fully saturated rings. The minimum atomic E-state index is -0.471. The van der Waals surface area contributed by atoms with E-state index in [1.54, 1.807) is 19.1 Å². The van der Waals surface area contributed by atoms with Crippen molar-refractivity contribution >= 4 is 40.1 Å². The molecule has 1 heterocycles. The Labute approximate surface area is 108 Å². The van der Waals surface area contributed by atoms with Crippen LogP contribution in [-0.2, 0) is 4.74 Å². The van der Waals surface area contributed by atoms with Gasteiger partial charge in [0, 0.05) is 0 Å². The minimum Gasteiger partial charge on any atom is -0.465 e. The first-order chi connectivity index (χ1) is 8.04. The number of carbonyl (C=O) groups is 1. The van der Waals surface area contributed by atoms with Gasteiger partial charge in [0.15, 0.2) is 0 Å². The summed E-state index contributed by atoms with van der Waals surface area (Å²) in [5.41, 5.74) is 1.63. The Morgan fingerprint density at radius 1 is 1.29 bits per heavy atom. The monoisotopic (exact) mass is 270 g/mol. The van der Waals surface area contributed by atoms with E-state index in [4.69, 9.17) is 27.9 Å². The number of aromatic nitrogens is 2. The van der Waals surface area contributed by atoms with Gasteiger partial charge in [0.1, 0.15) is 5.15 Å². The zero-order valence-corrected chi connectivity index (χ0v) is 10.6. The van der Waals surface area contributed by atoms with Gasteiger partial charge in [0.05, 0.1) is 23.6 Å². The molecule has 6 heteroatoms. The third-order valence-electron chi connectivity index (χ3n) is 2.39. The zero-order chi connectivity index (χ0) is 12.6. The van der Waals surface area contributed by atoms with Crippen molar-refractivity contribution in [3.8, 4) is 0 Å². The fraction of sp³-hybridized carbons (Fsp3) is 0.182. The van der Waals surface area contributed by atoms with Crippen LogP contribution in [-0.4, -0.2) is 23.0 Å². The van der Waals surface area contributed by atoms with Gasteiger partial charge in [-0.15, -0.1) is 0 Å². The minimum absolute atomic E-state index is 0.0437. The SMILES string of the molecule is COC(=O)c1c(C)ccc2nc(Cl)nc(Cl)c12. The molecule has 0 unspecified atom stereocenters. The van der Waals surface area contributed by atoms with E-state index in [9.17, 15) is 4.79 Å². The number of hydrogen-bond donors (Lipinski definition) is 0. The van der Waals surface area contributed by atoms with Gasteiger partial charge < -0.3 is 4.74 Å². The summed E-state index contributed by atoms with van der Waals surface area (Å²) in [4.78, 5) is 19.6. The number of aryl methyl sites for hydroxylation is 1. The molecule has 0 radical (unpaired) electrons. The third-order valence-corrected chi connectivity index (χ3v) is 2.83. The van der Waals surface area contributed by atoms with Crippen LogP contribution in [0.15, 0.2) is 12.1 Å². The number of benzene rings is 1. The highest BCUT2D eigenvalue weighted by Gasteiger charge is 2.18. The summed E-state index contributed by atoms with van der Waals surface area (Å²) in [5, 5.41) is 0.647. The van der Waals surface area contributed by atoms with E-state index < -0.39 is 5.97 Å². The number of esters is 1. The Morgan fingerprint density at radius 3 is 2.65 bits per heavy atom. The first-order valence-corrected chi connectivity index (χ1v) is 5.51. The highest BCUT2D eigenvalue weighted by Crippen LogP contribution is 2.28. The topological polar surface area (TPSA) is 52.1 Å². The Bertz CT molecular complexity index is 614. The van der Waals surface area contributed by atoms with E-state index in [1.165, 1.54) is 7.11 Å². The molecule has 0 saturated carbocycles. The summed E-state index contributed by atoms with van der Waals surface area (Å²) in [7, 11) is 1.31. The average molecular weight is 271 g/mol. The zero-order valence-electron chi connectivity index (χ0n) is 9.12. The summed E-state index contributed by atoms with van der Waals surface area (Å²) in [6.45, 7) is 1.79. The molecule has 0 aliphatic rings. The molecule has 0 aliphatic heterocycles. The number of rotatable bonds is 1. The number of nitrogens with zero attached hydrogens (tertiary/aromatic N) is 2. The predicted octanol–water partition coefficient (Wildman–Crippen LogP) is 3.03. The summed E-state index contributed by atoms with van der Waals surface area (Å²) in [6, 6.07) is 3.49. The van der Waals surface area contributed by atoms with E-state index in [0.717, 1.165) is 5.56 Å².